The molecule has 140 valence electrons. The molecule has 0 spiro atoms. The minimum Gasteiger partial charge on any atom is -0.355 e. The Balaban J connectivity index is 1.25. The van der Waals surface area contributed by atoms with Gasteiger partial charge in [0.15, 0.2) is 5.11 Å². The lowest BCUT2D eigenvalue weighted by Gasteiger charge is -2.56. The Morgan fingerprint density at radius 3 is 2.23 bits per heavy atom. The third kappa shape index (κ3) is 3.88. The van der Waals surface area contributed by atoms with E-state index in [1.807, 2.05) is 18.2 Å². The molecule has 4 fully saturated rings. The van der Waals surface area contributed by atoms with E-state index < -0.39 is 0 Å². The van der Waals surface area contributed by atoms with Crippen molar-refractivity contribution in [3.05, 3.63) is 35.9 Å². The molecule has 1 amide bonds. The molecule has 0 unspecified atom stereocenters. The number of amides is 1. The smallest absolute Gasteiger partial charge is 0.238 e. The largest absolute Gasteiger partial charge is 0.355 e. The Labute approximate surface area is 161 Å². The summed E-state index contributed by atoms with van der Waals surface area (Å²) in [5.41, 5.74) is 7.13. The molecule has 0 aromatic heterocycles. The molecule has 0 radical (unpaired) electrons. The third-order valence-corrected chi connectivity index (χ3v) is 6.88. The normalized spacial score (nSPS) is 32.7. The van der Waals surface area contributed by atoms with Crippen molar-refractivity contribution < 1.29 is 4.79 Å². The molecule has 4 aliphatic rings. The van der Waals surface area contributed by atoms with E-state index in [0.29, 0.717) is 11.5 Å². The molecule has 5 heteroatoms. The van der Waals surface area contributed by atoms with Crippen molar-refractivity contribution in [2.24, 2.45) is 23.2 Å². The van der Waals surface area contributed by atoms with Crippen LogP contribution in [0.25, 0.3) is 0 Å². The molecule has 4 saturated carbocycles. The topological polar surface area (TPSA) is 53.2 Å². The van der Waals surface area contributed by atoms with Gasteiger partial charge < -0.3 is 5.32 Å². The fourth-order valence-corrected chi connectivity index (χ4v) is 6.30. The minimum atomic E-state index is 0.0727. The zero-order valence-corrected chi connectivity index (χ0v) is 16.3. The number of carbonyl (C=O) groups is 1. The van der Waals surface area contributed by atoms with E-state index in [4.69, 9.17) is 12.2 Å². The summed E-state index contributed by atoms with van der Waals surface area (Å²) >= 11 is 5.33. The van der Waals surface area contributed by atoms with Crippen LogP contribution < -0.4 is 16.2 Å². The van der Waals surface area contributed by atoms with Gasteiger partial charge in [-0.2, -0.15) is 0 Å². The van der Waals surface area contributed by atoms with Crippen molar-refractivity contribution in [3.8, 4) is 0 Å². The molecular formula is C21H29N3OS. The summed E-state index contributed by atoms with van der Waals surface area (Å²) in [6.45, 7) is 2.06. The maximum Gasteiger partial charge on any atom is 0.238 e. The molecule has 0 saturated heterocycles. The molecule has 0 heterocycles. The molecule has 1 aromatic rings. The minimum absolute atomic E-state index is 0.0727. The van der Waals surface area contributed by atoms with Crippen LogP contribution in [0, 0.1) is 23.2 Å². The average Bonchev–Trinajstić information content (AvgIpc) is 2.59. The highest BCUT2D eigenvalue weighted by molar-refractivity contribution is 7.80. The van der Waals surface area contributed by atoms with Crippen molar-refractivity contribution in [2.75, 3.05) is 0 Å². The average molecular weight is 372 g/mol. The van der Waals surface area contributed by atoms with Crippen molar-refractivity contribution in [2.45, 2.75) is 57.9 Å². The number of thiocarbonyl (C=S) groups is 1. The molecule has 4 aliphatic carbocycles. The highest BCUT2D eigenvalue weighted by atomic mass is 32.1. The SMILES string of the molecule is C[C@@H](NC(=S)NNC(=O)CC12CC3CC(CC(C3)C1)C2)c1ccccc1. The van der Waals surface area contributed by atoms with Crippen LogP contribution in [0.4, 0.5) is 0 Å². The summed E-state index contributed by atoms with van der Waals surface area (Å²) in [7, 11) is 0. The standard InChI is InChI=1S/C21H29N3OS/c1-14(18-5-3-2-4-6-18)22-20(26)24-23-19(25)13-21-10-15-7-16(11-21)9-17(8-15)12-21/h2-6,14-17H,7-13H2,1H3,(H,23,25)(H2,22,24,26)/t14-,15?,16?,17?,21?/m1/s1. The van der Waals surface area contributed by atoms with E-state index >= 15 is 0 Å². The van der Waals surface area contributed by atoms with E-state index in [9.17, 15) is 4.79 Å². The Bertz CT molecular complexity index is 640. The molecule has 0 aliphatic heterocycles. The van der Waals surface area contributed by atoms with Crippen LogP contribution in [0.3, 0.4) is 0 Å². The number of hydrogen-bond acceptors (Lipinski definition) is 2. The van der Waals surface area contributed by atoms with Gasteiger partial charge >= 0.3 is 0 Å². The van der Waals surface area contributed by atoms with Crippen molar-refractivity contribution in [3.63, 3.8) is 0 Å². The summed E-state index contributed by atoms with van der Waals surface area (Å²) in [4.78, 5) is 12.5. The van der Waals surface area contributed by atoms with Crippen molar-refractivity contribution in [1.82, 2.24) is 16.2 Å². The van der Waals surface area contributed by atoms with Crippen LogP contribution in [0.5, 0.6) is 0 Å². The lowest BCUT2D eigenvalue weighted by molar-refractivity contribution is -0.130. The molecule has 1 aromatic carbocycles. The highest BCUT2D eigenvalue weighted by Gasteiger charge is 2.51. The van der Waals surface area contributed by atoms with Gasteiger partial charge in [0.2, 0.25) is 5.91 Å². The quantitative estimate of drug-likeness (QED) is 0.556. The van der Waals surface area contributed by atoms with Crippen LogP contribution in [0.15, 0.2) is 30.3 Å². The fraction of sp³-hybridized carbons (Fsp3) is 0.619. The van der Waals surface area contributed by atoms with Gasteiger partial charge in [-0.05, 0) is 86.4 Å². The molecule has 4 bridgehead atoms. The van der Waals surface area contributed by atoms with Gasteiger partial charge in [-0.3, -0.25) is 15.6 Å². The number of hydrazine groups is 1. The summed E-state index contributed by atoms with van der Waals surface area (Å²) in [5, 5.41) is 3.68. The zero-order chi connectivity index (χ0) is 18.1. The zero-order valence-electron chi connectivity index (χ0n) is 15.5. The van der Waals surface area contributed by atoms with Crippen LogP contribution >= 0.6 is 12.2 Å². The highest BCUT2D eigenvalue weighted by Crippen LogP contribution is 2.61. The molecule has 4 nitrogen and oxygen atoms in total. The monoisotopic (exact) mass is 371 g/mol. The second-order valence-corrected chi connectivity index (χ2v) is 9.28. The first-order chi connectivity index (χ1) is 12.5. The summed E-state index contributed by atoms with van der Waals surface area (Å²) in [5.74, 6) is 2.69. The number of benzene rings is 1. The first-order valence-electron chi connectivity index (χ1n) is 9.92. The second kappa shape index (κ2) is 7.18. The molecule has 5 rings (SSSR count). The first-order valence-corrected chi connectivity index (χ1v) is 10.3. The van der Waals surface area contributed by atoms with Gasteiger partial charge in [-0.1, -0.05) is 30.3 Å². The fourth-order valence-electron chi connectivity index (χ4n) is 6.08. The lowest BCUT2D eigenvalue weighted by Crippen LogP contribution is -2.51. The van der Waals surface area contributed by atoms with Crippen LogP contribution in [-0.4, -0.2) is 11.0 Å². The van der Waals surface area contributed by atoms with Gasteiger partial charge in [-0.25, -0.2) is 0 Å². The summed E-state index contributed by atoms with van der Waals surface area (Å²) in [6, 6.07) is 10.2. The third-order valence-electron chi connectivity index (χ3n) is 6.66. The maximum absolute atomic E-state index is 12.5. The Morgan fingerprint density at radius 2 is 1.65 bits per heavy atom. The predicted molar refractivity (Wildman–Crippen MR) is 107 cm³/mol. The van der Waals surface area contributed by atoms with Crippen LogP contribution in [0.2, 0.25) is 0 Å². The molecule has 3 N–H and O–H groups in total. The Kier molecular flexibility index (Phi) is 4.91. The predicted octanol–water partition coefficient (Wildman–Crippen LogP) is 3.85. The van der Waals surface area contributed by atoms with Gasteiger partial charge in [0, 0.05) is 6.42 Å². The first kappa shape index (κ1) is 17.8. The number of hydrogen-bond donors (Lipinski definition) is 3. The molecule has 1 atom stereocenters. The molecular weight excluding hydrogens is 342 g/mol. The number of carbonyl (C=O) groups excluding carboxylic acids is 1. The van der Waals surface area contributed by atoms with Gasteiger partial charge in [0.05, 0.1) is 6.04 Å². The van der Waals surface area contributed by atoms with Crippen LogP contribution in [0.1, 0.15) is 63.5 Å². The number of nitrogens with one attached hydrogen (secondary N) is 3. The van der Waals surface area contributed by atoms with Gasteiger partial charge in [0.1, 0.15) is 0 Å². The van der Waals surface area contributed by atoms with Crippen molar-refractivity contribution >= 4 is 23.2 Å². The number of rotatable bonds is 4. The van der Waals surface area contributed by atoms with Crippen LogP contribution in [-0.2, 0) is 4.79 Å². The lowest BCUT2D eigenvalue weighted by atomic mass is 9.49. The maximum atomic E-state index is 12.5. The summed E-state index contributed by atoms with van der Waals surface area (Å²) < 4.78 is 0. The van der Waals surface area contributed by atoms with E-state index in [1.54, 1.807) is 0 Å². The van der Waals surface area contributed by atoms with E-state index in [-0.39, 0.29) is 17.4 Å². The van der Waals surface area contributed by atoms with E-state index in [2.05, 4.69) is 35.2 Å². The van der Waals surface area contributed by atoms with Gasteiger partial charge in [0.25, 0.3) is 0 Å². The summed E-state index contributed by atoms with van der Waals surface area (Å²) in [6.07, 6.45) is 8.61. The van der Waals surface area contributed by atoms with E-state index in [1.165, 1.54) is 38.5 Å². The Morgan fingerprint density at radius 1 is 1.08 bits per heavy atom. The van der Waals surface area contributed by atoms with Gasteiger partial charge in [-0.15, -0.1) is 0 Å². The second-order valence-electron chi connectivity index (χ2n) is 8.87. The Hall–Kier alpha value is -1.62. The van der Waals surface area contributed by atoms with E-state index in [0.717, 1.165) is 23.3 Å². The van der Waals surface area contributed by atoms with Crippen molar-refractivity contribution in [1.29, 1.82) is 0 Å². The molecule has 26 heavy (non-hydrogen) atoms.